The van der Waals surface area contributed by atoms with Crippen molar-refractivity contribution in [3.05, 3.63) is 46.8 Å². The van der Waals surface area contributed by atoms with E-state index in [4.69, 9.17) is 14.4 Å². The zero-order chi connectivity index (χ0) is 16.9. The number of sulfonamides is 1. The number of ether oxygens (including phenoxy) is 1. The monoisotopic (exact) mass is 398 g/mol. The van der Waals surface area contributed by atoms with Gasteiger partial charge in [0.15, 0.2) is 0 Å². The highest BCUT2D eigenvalue weighted by Gasteiger charge is 2.28. The number of hydrogen-bond acceptors (Lipinski definition) is 5. The van der Waals surface area contributed by atoms with Crippen molar-refractivity contribution >= 4 is 26.0 Å². The van der Waals surface area contributed by atoms with Gasteiger partial charge in [-0.1, -0.05) is 15.9 Å². The molecule has 0 spiro atoms. The van der Waals surface area contributed by atoms with Crippen LogP contribution in [0.25, 0.3) is 0 Å². The van der Waals surface area contributed by atoms with Crippen molar-refractivity contribution in [2.45, 2.75) is 17.9 Å². The van der Waals surface area contributed by atoms with Crippen molar-refractivity contribution in [1.82, 2.24) is 4.31 Å². The third kappa shape index (κ3) is 4.13. The Bertz CT molecular complexity index is 797. The lowest BCUT2D eigenvalue weighted by atomic mass is 10.3. The Hall–Kier alpha value is -1.82. The van der Waals surface area contributed by atoms with Gasteiger partial charge in [0.05, 0.1) is 26.0 Å². The lowest BCUT2D eigenvalue weighted by Crippen LogP contribution is -2.31. The first kappa shape index (κ1) is 17.5. The molecule has 0 amide bonds. The third-order valence-corrected chi connectivity index (χ3v) is 5.49. The number of benzene rings is 1. The molecule has 1 aromatic heterocycles. The Labute approximate surface area is 143 Å². The molecule has 0 unspecified atom stereocenters. The summed E-state index contributed by atoms with van der Waals surface area (Å²) < 4.78 is 38.2. The molecule has 0 saturated heterocycles. The molecule has 0 atom stereocenters. The Morgan fingerprint density at radius 2 is 2.17 bits per heavy atom. The van der Waals surface area contributed by atoms with Gasteiger partial charge in [0, 0.05) is 17.4 Å². The molecule has 0 bridgehead atoms. The van der Waals surface area contributed by atoms with Gasteiger partial charge in [-0.3, -0.25) is 0 Å². The summed E-state index contributed by atoms with van der Waals surface area (Å²) in [7, 11) is -2.44. The fourth-order valence-electron chi connectivity index (χ4n) is 2.03. The Balaban J connectivity index is 2.43. The molecule has 0 saturated carbocycles. The van der Waals surface area contributed by atoms with Crippen LogP contribution in [0.3, 0.4) is 0 Å². The Kier molecular flexibility index (Phi) is 5.82. The van der Waals surface area contributed by atoms with Crippen LogP contribution >= 0.6 is 15.9 Å². The SMILES string of the molecule is COc1ccc(Br)cc1S(=O)(=O)N(CCC#N)Cc1ccco1. The summed E-state index contributed by atoms with van der Waals surface area (Å²) >= 11 is 3.27. The summed E-state index contributed by atoms with van der Waals surface area (Å²) in [6, 6.07) is 10.1. The van der Waals surface area contributed by atoms with Gasteiger partial charge in [0.1, 0.15) is 16.4 Å². The van der Waals surface area contributed by atoms with E-state index in [9.17, 15) is 8.42 Å². The van der Waals surface area contributed by atoms with E-state index >= 15 is 0 Å². The smallest absolute Gasteiger partial charge is 0.247 e. The molecule has 0 aliphatic rings. The highest BCUT2D eigenvalue weighted by atomic mass is 79.9. The first-order valence-corrected chi connectivity index (χ1v) is 8.95. The highest BCUT2D eigenvalue weighted by molar-refractivity contribution is 9.10. The summed E-state index contributed by atoms with van der Waals surface area (Å²) in [5.74, 6) is 0.745. The molecule has 6 nitrogen and oxygen atoms in total. The number of hydrogen-bond donors (Lipinski definition) is 0. The van der Waals surface area contributed by atoms with E-state index in [1.165, 1.54) is 23.7 Å². The lowest BCUT2D eigenvalue weighted by Gasteiger charge is -2.21. The summed E-state index contributed by atoms with van der Waals surface area (Å²) in [6.07, 6.45) is 1.56. The molecular weight excluding hydrogens is 384 g/mol. The van der Waals surface area contributed by atoms with Crippen molar-refractivity contribution in [2.75, 3.05) is 13.7 Å². The fraction of sp³-hybridized carbons (Fsp3) is 0.267. The first-order valence-electron chi connectivity index (χ1n) is 6.72. The van der Waals surface area contributed by atoms with Crippen LogP contribution in [0.4, 0.5) is 0 Å². The molecule has 1 heterocycles. The maximum atomic E-state index is 13.0. The van der Waals surface area contributed by atoms with Crippen molar-refractivity contribution in [2.24, 2.45) is 0 Å². The van der Waals surface area contributed by atoms with E-state index in [1.54, 1.807) is 24.3 Å². The number of nitrogens with zero attached hydrogens (tertiary/aromatic N) is 2. The van der Waals surface area contributed by atoms with Gasteiger partial charge in [0.25, 0.3) is 0 Å². The second-order valence-corrected chi connectivity index (χ2v) is 7.44. The number of furan rings is 1. The van der Waals surface area contributed by atoms with E-state index in [0.29, 0.717) is 10.2 Å². The maximum Gasteiger partial charge on any atom is 0.247 e. The maximum absolute atomic E-state index is 13.0. The highest BCUT2D eigenvalue weighted by Crippen LogP contribution is 2.30. The standard InChI is InChI=1S/C15H15BrN2O4S/c1-21-14-6-5-12(16)10-15(14)23(19,20)18(8-3-7-17)11-13-4-2-9-22-13/h2,4-6,9-10H,3,8,11H2,1H3. The van der Waals surface area contributed by atoms with Crippen LogP contribution in [-0.2, 0) is 16.6 Å². The van der Waals surface area contributed by atoms with E-state index in [-0.39, 0.29) is 30.2 Å². The Morgan fingerprint density at radius 1 is 1.39 bits per heavy atom. The van der Waals surface area contributed by atoms with Gasteiger partial charge in [-0.25, -0.2) is 8.42 Å². The molecule has 0 aliphatic carbocycles. The van der Waals surface area contributed by atoms with Crippen LogP contribution < -0.4 is 4.74 Å². The summed E-state index contributed by atoms with van der Waals surface area (Å²) in [4.78, 5) is 0.0406. The summed E-state index contributed by atoms with van der Waals surface area (Å²) in [5, 5.41) is 8.80. The zero-order valence-electron chi connectivity index (χ0n) is 12.4. The molecule has 0 radical (unpaired) electrons. The van der Waals surface area contributed by atoms with E-state index < -0.39 is 10.0 Å². The van der Waals surface area contributed by atoms with Gasteiger partial charge in [0.2, 0.25) is 10.0 Å². The number of methoxy groups -OCH3 is 1. The minimum absolute atomic E-state index is 0.0406. The first-order chi connectivity index (χ1) is 11.0. The summed E-state index contributed by atoms with van der Waals surface area (Å²) in [5.41, 5.74) is 0. The molecule has 1 aromatic carbocycles. The second kappa shape index (κ2) is 7.64. The molecule has 2 aromatic rings. The second-order valence-electron chi connectivity index (χ2n) is 4.62. The average Bonchev–Trinajstić information content (AvgIpc) is 3.04. The van der Waals surface area contributed by atoms with Crippen LogP contribution in [-0.4, -0.2) is 26.4 Å². The molecule has 0 fully saturated rings. The average molecular weight is 399 g/mol. The molecule has 0 N–H and O–H groups in total. The quantitative estimate of drug-likeness (QED) is 0.714. The molecule has 0 aliphatic heterocycles. The topological polar surface area (TPSA) is 83.5 Å². The normalized spacial score (nSPS) is 11.4. The minimum Gasteiger partial charge on any atom is -0.495 e. The minimum atomic E-state index is -3.85. The number of rotatable bonds is 7. The fourth-order valence-corrected chi connectivity index (χ4v) is 4.13. The van der Waals surface area contributed by atoms with Gasteiger partial charge < -0.3 is 9.15 Å². The van der Waals surface area contributed by atoms with E-state index in [1.807, 2.05) is 6.07 Å². The Morgan fingerprint density at radius 3 is 2.78 bits per heavy atom. The van der Waals surface area contributed by atoms with E-state index in [2.05, 4.69) is 15.9 Å². The van der Waals surface area contributed by atoms with Crippen LogP contribution in [0.2, 0.25) is 0 Å². The number of nitriles is 1. The van der Waals surface area contributed by atoms with Gasteiger partial charge in [-0.2, -0.15) is 9.57 Å². The molecule has 8 heteroatoms. The largest absolute Gasteiger partial charge is 0.495 e. The predicted octanol–water partition coefficient (Wildman–Crippen LogP) is 3.16. The van der Waals surface area contributed by atoms with Gasteiger partial charge in [-0.15, -0.1) is 0 Å². The van der Waals surface area contributed by atoms with Crippen molar-refractivity contribution in [1.29, 1.82) is 5.26 Å². The van der Waals surface area contributed by atoms with Crippen molar-refractivity contribution in [3.8, 4) is 11.8 Å². The number of halogens is 1. The van der Waals surface area contributed by atoms with Crippen molar-refractivity contribution in [3.63, 3.8) is 0 Å². The third-order valence-electron chi connectivity index (χ3n) is 3.13. The van der Waals surface area contributed by atoms with Gasteiger partial charge in [-0.05, 0) is 30.3 Å². The molecular formula is C15H15BrN2O4S. The molecule has 23 heavy (non-hydrogen) atoms. The molecule has 2 rings (SSSR count). The summed E-state index contributed by atoms with van der Waals surface area (Å²) in [6.45, 7) is 0.113. The predicted molar refractivity (Wildman–Crippen MR) is 87.2 cm³/mol. The van der Waals surface area contributed by atoms with Crippen LogP contribution in [0.1, 0.15) is 12.2 Å². The van der Waals surface area contributed by atoms with E-state index in [0.717, 1.165) is 0 Å². The van der Waals surface area contributed by atoms with Gasteiger partial charge >= 0.3 is 0 Å². The molecule has 122 valence electrons. The lowest BCUT2D eigenvalue weighted by molar-refractivity contribution is 0.362. The van der Waals surface area contributed by atoms with Crippen LogP contribution in [0, 0.1) is 11.3 Å². The van der Waals surface area contributed by atoms with Crippen molar-refractivity contribution < 1.29 is 17.6 Å². The van der Waals surface area contributed by atoms with Crippen LogP contribution in [0.15, 0.2) is 50.4 Å². The van der Waals surface area contributed by atoms with Crippen LogP contribution in [0.5, 0.6) is 5.75 Å². The zero-order valence-corrected chi connectivity index (χ0v) is 14.8.